The fraction of sp³-hybridized carbons (Fsp3) is 0.806. The number of piperazine rings is 1. The maximum absolute atomic E-state index is 5.44. The lowest BCUT2D eigenvalue weighted by atomic mass is 9.60. The number of anilines is 2. The third-order valence-corrected chi connectivity index (χ3v) is 8.93. The molecule has 1 aromatic carbocycles. The summed E-state index contributed by atoms with van der Waals surface area (Å²) in [5.74, 6) is 1.37. The molecule has 2 aliphatic heterocycles. The Morgan fingerprint density at radius 3 is 2.14 bits per heavy atom. The van der Waals surface area contributed by atoms with Crippen molar-refractivity contribution in [3.63, 3.8) is 0 Å². The summed E-state index contributed by atoms with van der Waals surface area (Å²) in [7, 11) is 1.84. The first kappa shape index (κ1) is 26.8. The van der Waals surface area contributed by atoms with Crippen molar-refractivity contribution in [2.75, 3.05) is 69.3 Å². The van der Waals surface area contributed by atoms with Gasteiger partial charge in [0, 0.05) is 64.4 Å². The molecule has 4 heteroatoms. The zero-order valence-corrected chi connectivity index (χ0v) is 23.7. The van der Waals surface area contributed by atoms with E-state index >= 15 is 0 Å². The standard InChI is InChI=1S/C31H53N3O/c1-7-8-13-32-16-18-34(19-17-32)29-10-9-27(33-14-11-25(12-15-33)23-35-6)20-28(29)26-21-30(2,3)24-31(4,5)22-26/h9-10,20,25-26H,7-8,11-19,21-24H2,1-6H3. The van der Waals surface area contributed by atoms with E-state index in [-0.39, 0.29) is 0 Å². The lowest BCUT2D eigenvalue weighted by Crippen LogP contribution is -2.47. The largest absolute Gasteiger partial charge is 0.384 e. The summed E-state index contributed by atoms with van der Waals surface area (Å²) in [5, 5.41) is 0. The van der Waals surface area contributed by atoms with Crippen LogP contribution in [0, 0.1) is 16.7 Å². The SMILES string of the molecule is CCCCN1CCN(c2ccc(N3CCC(COC)CC3)cc2C2CC(C)(C)CC(C)(C)C2)CC1. The van der Waals surface area contributed by atoms with Crippen LogP contribution in [0.2, 0.25) is 0 Å². The molecule has 4 nitrogen and oxygen atoms in total. The highest BCUT2D eigenvalue weighted by molar-refractivity contribution is 5.64. The summed E-state index contributed by atoms with van der Waals surface area (Å²) in [6.07, 6.45) is 9.05. The Morgan fingerprint density at radius 1 is 0.886 bits per heavy atom. The van der Waals surface area contributed by atoms with Crippen molar-refractivity contribution in [3.8, 4) is 0 Å². The van der Waals surface area contributed by atoms with E-state index < -0.39 is 0 Å². The molecule has 3 aliphatic rings. The molecule has 198 valence electrons. The number of ether oxygens (including phenoxy) is 1. The van der Waals surface area contributed by atoms with Crippen LogP contribution in [0.25, 0.3) is 0 Å². The van der Waals surface area contributed by atoms with Crippen LogP contribution in [0.5, 0.6) is 0 Å². The van der Waals surface area contributed by atoms with Gasteiger partial charge in [-0.3, -0.25) is 4.90 Å². The van der Waals surface area contributed by atoms with E-state index in [9.17, 15) is 0 Å². The maximum atomic E-state index is 5.44. The summed E-state index contributed by atoms with van der Waals surface area (Å²) in [6, 6.07) is 7.53. The number of benzene rings is 1. The van der Waals surface area contributed by atoms with Gasteiger partial charge in [0.25, 0.3) is 0 Å². The third-order valence-electron chi connectivity index (χ3n) is 8.93. The predicted molar refractivity (Wildman–Crippen MR) is 151 cm³/mol. The number of methoxy groups -OCH3 is 1. The molecule has 1 aromatic rings. The Hall–Kier alpha value is -1.26. The monoisotopic (exact) mass is 483 g/mol. The van der Waals surface area contributed by atoms with Crippen molar-refractivity contribution >= 4 is 11.4 Å². The fourth-order valence-electron chi connectivity index (χ4n) is 7.61. The van der Waals surface area contributed by atoms with Gasteiger partial charge in [0.2, 0.25) is 0 Å². The molecule has 0 aromatic heterocycles. The average molecular weight is 484 g/mol. The summed E-state index contributed by atoms with van der Waals surface area (Å²) >= 11 is 0. The Kier molecular flexibility index (Phi) is 8.74. The summed E-state index contributed by atoms with van der Waals surface area (Å²) < 4.78 is 5.44. The Morgan fingerprint density at radius 2 is 1.54 bits per heavy atom. The zero-order valence-electron chi connectivity index (χ0n) is 23.7. The van der Waals surface area contributed by atoms with Crippen molar-refractivity contribution in [1.82, 2.24) is 4.90 Å². The van der Waals surface area contributed by atoms with E-state index in [0.29, 0.717) is 16.7 Å². The van der Waals surface area contributed by atoms with Crippen molar-refractivity contribution in [1.29, 1.82) is 0 Å². The first-order chi connectivity index (χ1) is 16.7. The lowest BCUT2D eigenvalue weighted by Gasteiger charge is -2.46. The van der Waals surface area contributed by atoms with E-state index in [0.717, 1.165) is 38.7 Å². The van der Waals surface area contributed by atoms with Gasteiger partial charge in [-0.25, -0.2) is 0 Å². The quantitative estimate of drug-likeness (QED) is 0.405. The Balaban J connectivity index is 1.57. The molecule has 0 unspecified atom stereocenters. The normalized spacial score (nSPS) is 24.2. The second-order valence-electron chi connectivity index (χ2n) is 13.4. The number of rotatable bonds is 8. The average Bonchev–Trinajstić information content (AvgIpc) is 2.81. The molecule has 0 radical (unpaired) electrons. The van der Waals surface area contributed by atoms with E-state index in [2.05, 4.69) is 67.5 Å². The molecule has 0 atom stereocenters. The number of unbranched alkanes of at least 4 members (excludes halogenated alkanes) is 1. The van der Waals surface area contributed by atoms with Gasteiger partial charge >= 0.3 is 0 Å². The third kappa shape index (κ3) is 6.95. The van der Waals surface area contributed by atoms with Crippen LogP contribution in [0.1, 0.15) is 91.0 Å². The molecule has 0 amide bonds. The highest BCUT2D eigenvalue weighted by Gasteiger charge is 2.40. The van der Waals surface area contributed by atoms with Crippen molar-refractivity contribution in [2.24, 2.45) is 16.7 Å². The summed E-state index contributed by atoms with van der Waals surface area (Å²) in [5.41, 5.74) is 5.40. The molecule has 0 spiro atoms. The van der Waals surface area contributed by atoms with Gasteiger partial charge < -0.3 is 14.5 Å². The van der Waals surface area contributed by atoms with E-state index in [1.807, 2.05) is 7.11 Å². The molecular formula is C31H53N3O. The minimum atomic E-state index is 0.400. The number of hydrogen-bond donors (Lipinski definition) is 0. The van der Waals surface area contributed by atoms with Crippen LogP contribution in [0.15, 0.2) is 18.2 Å². The van der Waals surface area contributed by atoms with E-state index in [4.69, 9.17) is 4.74 Å². The minimum Gasteiger partial charge on any atom is -0.384 e. The first-order valence-electron chi connectivity index (χ1n) is 14.5. The summed E-state index contributed by atoms with van der Waals surface area (Å²) in [4.78, 5) is 8.02. The number of nitrogens with zero attached hydrogens (tertiary/aromatic N) is 3. The van der Waals surface area contributed by atoms with Gasteiger partial charge in [0.05, 0.1) is 0 Å². The van der Waals surface area contributed by atoms with Crippen molar-refractivity contribution in [2.45, 2.75) is 85.5 Å². The second kappa shape index (κ2) is 11.4. The van der Waals surface area contributed by atoms with E-state index in [1.54, 1.807) is 5.56 Å². The molecule has 3 fully saturated rings. The fourth-order valence-corrected chi connectivity index (χ4v) is 7.61. The Labute approximate surface area is 216 Å². The van der Waals surface area contributed by atoms with Crippen LogP contribution in [-0.4, -0.2) is 64.4 Å². The van der Waals surface area contributed by atoms with Crippen LogP contribution < -0.4 is 9.80 Å². The number of hydrogen-bond acceptors (Lipinski definition) is 4. The van der Waals surface area contributed by atoms with Gasteiger partial charge in [-0.05, 0) is 91.5 Å². The van der Waals surface area contributed by atoms with Gasteiger partial charge in [-0.2, -0.15) is 0 Å². The molecule has 2 heterocycles. The lowest BCUT2D eigenvalue weighted by molar-refractivity contribution is 0.0970. The first-order valence-corrected chi connectivity index (χ1v) is 14.5. The molecule has 1 aliphatic carbocycles. The van der Waals surface area contributed by atoms with Gasteiger partial charge in [0.15, 0.2) is 0 Å². The smallest absolute Gasteiger partial charge is 0.0491 e. The van der Waals surface area contributed by atoms with Crippen molar-refractivity contribution in [3.05, 3.63) is 23.8 Å². The maximum Gasteiger partial charge on any atom is 0.0491 e. The van der Waals surface area contributed by atoms with Crippen molar-refractivity contribution < 1.29 is 4.74 Å². The highest BCUT2D eigenvalue weighted by Crippen LogP contribution is 2.53. The molecule has 4 rings (SSSR count). The van der Waals surface area contributed by atoms with E-state index in [1.165, 1.54) is 76.0 Å². The number of piperidine rings is 1. The zero-order chi connectivity index (χ0) is 25.1. The van der Waals surface area contributed by atoms with Gasteiger partial charge in [0.1, 0.15) is 0 Å². The Bertz CT molecular complexity index is 787. The molecule has 1 saturated carbocycles. The van der Waals surface area contributed by atoms with Crippen LogP contribution in [0.3, 0.4) is 0 Å². The van der Waals surface area contributed by atoms with Crippen LogP contribution in [-0.2, 0) is 4.74 Å². The second-order valence-corrected chi connectivity index (χ2v) is 13.4. The highest BCUT2D eigenvalue weighted by atomic mass is 16.5. The topological polar surface area (TPSA) is 19.0 Å². The molecule has 0 N–H and O–H groups in total. The molecule has 35 heavy (non-hydrogen) atoms. The van der Waals surface area contributed by atoms with Crippen LogP contribution in [0.4, 0.5) is 11.4 Å². The van der Waals surface area contributed by atoms with Crippen LogP contribution >= 0.6 is 0 Å². The molecular weight excluding hydrogens is 430 g/mol. The van der Waals surface area contributed by atoms with Gasteiger partial charge in [-0.1, -0.05) is 41.0 Å². The molecule has 0 bridgehead atoms. The summed E-state index contributed by atoms with van der Waals surface area (Å²) in [6.45, 7) is 21.5. The van der Waals surface area contributed by atoms with Gasteiger partial charge in [-0.15, -0.1) is 0 Å². The predicted octanol–water partition coefficient (Wildman–Crippen LogP) is 6.79. The minimum absolute atomic E-state index is 0.400. The molecule has 2 saturated heterocycles.